The number of aryl methyl sites for hydroxylation is 1. The summed E-state index contributed by atoms with van der Waals surface area (Å²) in [4.78, 5) is 14.5. The fourth-order valence-corrected chi connectivity index (χ4v) is 3.45. The number of likely N-dealkylation sites (tertiary alicyclic amines) is 1. The molecule has 1 aromatic heterocycles. The van der Waals surface area contributed by atoms with Gasteiger partial charge in [0.2, 0.25) is 0 Å². The Morgan fingerprint density at radius 2 is 2.35 bits per heavy atom. The Bertz CT molecular complexity index is 492. The van der Waals surface area contributed by atoms with Crippen molar-refractivity contribution in [2.75, 3.05) is 19.7 Å². The maximum atomic E-state index is 12.6. The molecule has 20 heavy (non-hydrogen) atoms. The van der Waals surface area contributed by atoms with Crippen LogP contribution in [0.1, 0.15) is 48.2 Å². The molecule has 1 aromatic rings. The number of aliphatic hydroxyl groups is 1. The maximum absolute atomic E-state index is 12.6. The van der Waals surface area contributed by atoms with E-state index < -0.39 is 0 Å². The second-order valence-electron chi connectivity index (χ2n) is 6.53. The summed E-state index contributed by atoms with van der Waals surface area (Å²) in [5, 5.41) is 9.85. The van der Waals surface area contributed by atoms with E-state index in [9.17, 15) is 9.90 Å². The maximum Gasteiger partial charge on any atom is 0.257 e. The number of amides is 1. The predicted molar refractivity (Wildman–Crippen MR) is 75.4 cm³/mol. The van der Waals surface area contributed by atoms with Crippen LogP contribution in [0.3, 0.4) is 0 Å². The van der Waals surface area contributed by atoms with Crippen molar-refractivity contribution in [3.05, 3.63) is 23.7 Å². The molecule has 1 saturated heterocycles. The van der Waals surface area contributed by atoms with E-state index in [1.54, 1.807) is 12.3 Å². The molecule has 0 spiro atoms. The molecule has 1 saturated carbocycles. The fourth-order valence-electron chi connectivity index (χ4n) is 3.45. The van der Waals surface area contributed by atoms with Crippen molar-refractivity contribution in [2.45, 2.75) is 39.0 Å². The molecule has 2 aliphatic rings. The van der Waals surface area contributed by atoms with Crippen LogP contribution in [0.2, 0.25) is 0 Å². The van der Waals surface area contributed by atoms with Crippen LogP contribution in [0.4, 0.5) is 0 Å². The lowest BCUT2D eigenvalue weighted by molar-refractivity contribution is 0.0195. The van der Waals surface area contributed by atoms with Gasteiger partial charge in [-0.05, 0) is 38.2 Å². The van der Waals surface area contributed by atoms with Crippen LogP contribution in [0.5, 0.6) is 0 Å². The van der Waals surface area contributed by atoms with Crippen molar-refractivity contribution < 1.29 is 14.3 Å². The molecule has 110 valence electrons. The van der Waals surface area contributed by atoms with E-state index in [2.05, 4.69) is 0 Å². The molecule has 1 aliphatic heterocycles. The van der Waals surface area contributed by atoms with E-state index in [1.165, 1.54) is 12.8 Å². The van der Waals surface area contributed by atoms with Crippen LogP contribution in [-0.2, 0) is 0 Å². The molecule has 4 heteroatoms. The third-order valence-corrected chi connectivity index (χ3v) is 4.79. The zero-order chi connectivity index (χ0) is 14.2. The number of aliphatic hydroxyl groups excluding tert-OH is 1. The first-order chi connectivity index (χ1) is 9.63. The molecule has 1 aliphatic carbocycles. The lowest BCUT2D eigenvalue weighted by Gasteiger charge is -2.42. The van der Waals surface area contributed by atoms with Crippen LogP contribution in [0, 0.1) is 18.3 Å². The highest BCUT2D eigenvalue weighted by atomic mass is 16.3. The summed E-state index contributed by atoms with van der Waals surface area (Å²) in [6.45, 7) is 3.48. The van der Waals surface area contributed by atoms with E-state index >= 15 is 0 Å². The summed E-state index contributed by atoms with van der Waals surface area (Å²) >= 11 is 0. The number of rotatable bonds is 4. The first kappa shape index (κ1) is 13.7. The zero-order valence-corrected chi connectivity index (χ0v) is 12.1. The number of furan rings is 1. The molecule has 0 radical (unpaired) electrons. The Kier molecular flexibility index (Phi) is 3.59. The van der Waals surface area contributed by atoms with E-state index in [4.69, 9.17) is 4.42 Å². The van der Waals surface area contributed by atoms with Gasteiger partial charge < -0.3 is 14.4 Å². The van der Waals surface area contributed by atoms with E-state index in [-0.39, 0.29) is 17.9 Å². The molecule has 0 bridgehead atoms. The number of nitrogens with zero attached hydrogens (tertiary/aromatic N) is 1. The minimum atomic E-state index is -0.0767. The summed E-state index contributed by atoms with van der Waals surface area (Å²) in [7, 11) is 0. The summed E-state index contributed by atoms with van der Waals surface area (Å²) in [6, 6.07) is 1.74. The van der Waals surface area contributed by atoms with Gasteiger partial charge in [-0.3, -0.25) is 4.79 Å². The Morgan fingerprint density at radius 3 is 2.95 bits per heavy atom. The van der Waals surface area contributed by atoms with Gasteiger partial charge in [0, 0.05) is 18.5 Å². The summed E-state index contributed by atoms with van der Waals surface area (Å²) < 4.78 is 5.23. The smallest absolute Gasteiger partial charge is 0.257 e. The molecular weight excluding hydrogens is 254 g/mol. The van der Waals surface area contributed by atoms with Gasteiger partial charge in [0.15, 0.2) is 0 Å². The van der Waals surface area contributed by atoms with Crippen molar-refractivity contribution in [2.24, 2.45) is 11.3 Å². The minimum Gasteiger partial charge on any atom is -0.469 e. The largest absolute Gasteiger partial charge is 0.469 e. The third kappa shape index (κ3) is 2.62. The van der Waals surface area contributed by atoms with E-state index in [0.717, 1.165) is 31.7 Å². The summed E-state index contributed by atoms with van der Waals surface area (Å²) in [6.07, 6.45) is 7.23. The van der Waals surface area contributed by atoms with Crippen molar-refractivity contribution in [1.29, 1.82) is 0 Å². The quantitative estimate of drug-likeness (QED) is 0.920. The number of piperidine rings is 1. The molecule has 4 nitrogen and oxygen atoms in total. The van der Waals surface area contributed by atoms with Crippen molar-refractivity contribution in [3.63, 3.8) is 0 Å². The summed E-state index contributed by atoms with van der Waals surface area (Å²) in [5.74, 6) is 1.50. The van der Waals surface area contributed by atoms with Gasteiger partial charge in [-0.1, -0.05) is 12.8 Å². The van der Waals surface area contributed by atoms with Crippen LogP contribution >= 0.6 is 0 Å². The number of carbonyl (C=O) groups is 1. The molecule has 0 aromatic carbocycles. The lowest BCUT2D eigenvalue weighted by Crippen LogP contribution is -2.48. The Hall–Kier alpha value is -1.29. The average molecular weight is 277 g/mol. The zero-order valence-electron chi connectivity index (χ0n) is 12.1. The van der Waals surface area contributed by atoms with Gasteiger partial charge in [0.25, 0.3) is 5.91 Å². The first-order valence-corrected chi connectivity index (χ1v) is 7.58. The molecule has 1 atom stereocenters. The monoisotopic (exact) mass is 277 g/mol. The fraction of sp³-hybridized carbons (Fsp3) is 0.688. The van der Waals surface area contributed by atoms with Crippen LogP contribution < -0.4 is 0 Å². The van der Waals surface area contributed by atoms with Gasteiger partial charge in [-0.15, -0.1) is 0 Å². The van der Waals surface area contributed by atoms with Crippen molar-refractivity contribution >= 4 is 5.91 Å². The highest BCUT2D eigenvalue weighted by Gasteiger charge is 2.41. The van der Waals surface area contributed by atoms with Gasteiger partial charge >= 0.3 is 0 Å². The van der Waals surface area contributed by atoms with Gasteiger partial charge in [0.1, 0.15) is 5.76 Å². The number of hydrogen-bond acceptors (Lipinski definition) is 3. The normalized spacial score (nSPS) is 26.8. The van der Waals surface area contributed by atoms with E-state index in [1.807, 2.05) is 11.8 Å². The molecule has 3 rings (SSSR count). The average Bonchev–Trinajstić information content (AvgIpc) is 3.16. The Labute approximate surface area is 119 Å². The second-order valence-corrected chi connectivity index (χ2v) is 6.53. The van der Waals surface area contributed by atoms with E-state index in [0.29, 0.717) is 17.9 Å². The SMILES string of the molecule is Cc1occc1C(=O)N1CCC[C@](CO)(CC2CC2)C1. The Balaban J connectivity index is 1.73. The van der Waals surface area contributed by atoms with Crippen LogP contribution in [-0.4, -0.2) is 35.6 Å². The van der Waals surface area contributed by atoms with Gasteiger partial charge in [-0.2, -0.15) is 0 Å². The lowest BCUT2D eigenvalue weighted by atomic mass is 9.76. The molecule has 0 unspecified atom stereocenters. The minimum absolute atomic E-state index is 0.0459. The second kappa shape index (κ2) is 5.24. The molecule has 2 fully saturated rings. The highest BCUT2D eigenvalue weighted by molar-refractivity contribution is 5.95. The predicted octanol–water partition coefficient (Wildman–Crippen LogP) is 2.60. The van der Waals surface area contributed by atoms with Crippen molar-refractivity contribution in [1.82, 2.24) is 4.90 Å². The van der Waals surface area contributed by atoms with Gasteiger partial charge in [-0.25, -0.2) is 0 Å². The third-order valence-electron chi connectivity index (χ3n) is 4.79. The highest BCUT2D eigenvalue weighted by Crippen LogP contribution is 2.44. The topological polar surface area (TPSA) is 53.7 Å². The molecular formula is C16H23NO3. The molecule has 1 N–H and O–H groups in total. The van der Waals surface area contributed by atoms with Crippen molar-refractivity contribution in [3.8, 4) is 0 Å². The van der Waals surface area contributed by atoms with Crippen LogP contribution in [0.25, 0.3) is 0 Å². The molecule has 1 amide bonds. The number of carbonyl (C=O) groups excluding carboxylic acids is 1. The summed E-state index contributed by atoms with van der Waals surface area (Å²) in [5.41, 5.74) is 0.581. The van der Waals surface area contributed by atoms with Gasteiger partial charge in [0.05, 0.1) is 18.4 Å². The number of hydrogen-bond donors (Lipinski definition) is 1. The first-order valence-electron chi connectivity index (χ1n) is 7.58. The molecule has 2 heterocycles. The standard InChI is InChI=1S/C16H23NO3/c1-12-14(5-8-20-12)15(19)17-7-2-6-16(10-17,11-18)9-13-3-4-13/h5,8,13,18H,2-4,6-7,9-11H2,1H3/t16-/m0/s1. The van der Waals surface area contributed by atoms with Crippen LogP contribution in [0.15, 0.2) is 16.7 Å². The Morgan fingerprint density at radius 1 is 1.55 bits per heavy atom.